The van der Waals surface area contributed by atoms with Gasteiger partial charge in [0.1, 0.15) is 5.82 Å². The van der Waals surface area contributed by atoms with Crippen molar-refractivity contribution < 1.29 is 14.0 Å². The summed E-state index contributed by atoms with van der Waals surface area (Å²) in [5.74, 6) is -1.35. The maximum absolute atomic E-state index is 13.9. The summed E-state index contributed by atoms with van der Waals surface area (Å²) < 4.78 is 13.9. The lowest BCUT2D eigenvalue weighted by atomic mass is 9.93. The Kier molecular flexibility index (Phi) is 4.11. The van der Waals surface area contributed by atoms with Gasteiger partial charge in [0.15, 0.2) is 11.6 Å². The van der Waals surface area contributed by atoms with Crippen molar-refractivity contribution in [3.63, 3.8) is 0 Å². The zero-order valence-corrected chi connectivity index (χ0v) is 12.2. The number of rotatable bonds is 4. The molecule has 2 nitrogen and oxygen atoms in total. The normalized spacial score (nSPS) is 10.3. The van der Waals surface area contributed by atoms with Crippen molar-refractivity contribution in [3.05, 3.63) is 107 Å². The minimum absolute atomic E-state index is 0.0409. The largest absolute Gasteiger partial charge is 0.289 e. The van der Waals surface area contributed by atoms with Gasteiger partial charge in [-0.25, -0.2) is 4.39 Å². The zero-order valence-electron chi connectivity index (χ0n) is 12.2. The third kappa shape index (κ3) is 2.94. The van der Waals surface area contributed by atoms with Crippen LogP contribution in [-0.2, 0) is 0 Å². The molecule has 3 aromatic rings. The molecule has 0 N–H and O–H groups in total. The van der Waals surface area contributed by atoms with Crippen LogP contribution in [0.2, 0.25) is 0 Å². The molecule has 0 amide bonds. The fourth-order valence-electron chi connectivity index (χ4n) is 2.41. The monoisotopic (exact) mass is 304 g/mol. The van der Waals surface area contributed by atoms with E-state index >= 15 is 0 Å². The molecule has 23 heavy (non-hydrogen) atoms. The van der Waals surface area contributed by atoms with E-state index in [-0.39, 0.29) is 22.5 Å². The highest BCUT2D eigenvalue weighted by molar-refractivity contribution is 6.19. The molecule has 0 fully saturated rings. The van der Waals surface area contributed by atoms with E-state index in [9.17, 15) is 14.0 Å². The summed E-state index contributed by atoms with van der Waals surface area (Å²) in [5, 5.41) is 0. The van der Waals surface area contributed by atoms with Crippen LogP contribution in [0.25, 0.3) is 0 Å². The Bertz CT molecular complexity index is 870. The van der Waals surface area contributed by atoms with E-state index < -0.39 is 11.6 Å². The second kappa shape index (κ2) is 6.36. The van der Waals surface area contributed by atoms with Gasteiger partial charge >= 0.3 is 0 Å². The topological polar surface area (TPSA) is 34.1 Å². The van der Waals surface area contributed by atoms with Gasteiger partial charge in [0.05, 0.1) is 5.56 Å². The maximum Gasteiger partial charge on any atom is 0.196 e. The van der Waals surface area contributed by atoms with Gasteiger partial charge in [0.25, 0.3) is 0 Å². The average Bonchev–Trinajstić information content (AvgIpc) is 2.62. The molecule has 0 atom stereocenters. The molecule has 0 aromatic heterocycles. The molecule has 0 spiro atoms. The average molecular weight is 304 g/mol. The SMILES string of the molecule is O=C(c1ccccc1)c1ccccc1C(=O)c1ccccc1F. The zero-order chi connectivity index (χ0) is 16.2. The summed E-state index contributed by atoms with van der Waals surface area (Å²) >= 11 is 0. The molecule has 0 aliphatic rings. The predicted molar refractivity (Wildman–Crippen MR) is 86.1 cm³/mol. The minimum Gasteiger partial charge on any atom is -0.289 e. The van der Waals surface area contributed by atoms with Crippen molar-refractivity contribution in [1.29, 1.82) is 0 Å². The van der Waals surface area contributed by atoms with Crippen LogP contribution in [0.5, 0.6) is 0 Å². The van der Waals surface area contributed by atoms with E-state index in [4.69, 9.17) is 0 Å². The Morgan fingerprint density at radius 1 is 0.565 bits per heavy atom. The molecule has 3 heteroatoms. The molecule has 0 saturated heterocycles. The third-order valence-electron chi connectivity index (χ3n) is 3.57. The molecule has 0 aliphatic carbocycles. The fourth-order valence-corrected chi connectivity index (χ4v) is 2.41. The molecular formula is C20H13FO2. The molecule has 3 aromatic carbocycles. The van der Waals surface area contributed by atoms with Crippen molar-refractivity contribution in [3.8, 4) is 0 Å². The quantitative estimate of drug-likeness (QED) is 0.674. The molecule has 0 bridgehead atoms. The molecule has 0 unspecified atom stereocenters. The van der Waals surface area contributed by atoms with E-state index in [2.05, 4.69) is 0 Å². The number of carbonyl (C=O) groups is 2. The predicted octanol–water partition coefficient (Wildman–Crippen LogP) is 4.29. The van der Waals surface area contributed by atoms with Crippen LogP contribution in [0.1, 0.15) is 31.8 Å². The Morgan fingerprint density at radius 3 is 1.65 bits per heavy atom. The number of halogens is 1. The van der Waals surface area contributed by atoms with Crippen LogP contribution in [-0.4, -0.2) is 11.6 Å². The van der Waals surface area contributed by atoms with Crippen LogP contribution in [0.3, 0.4) is 0 Å². The first kappa shape index (κ1) is 14.9. The lowest BCUT2D eigenvalue weighted by molar-refractivity contribution is 0.100. The number of hydrogen-bond donors (Lipinski definition) is 0. The first-order valence-corrected chi connectivity index (χ1v) is 7.16. The summed E-state index contributed by atoms with van der Waals surface area (Å²) in [5.41, 5.74) is 0.917. The van der Waals surface area contributed by atoms with Crippen molar-refractivity contribution in [2.75, 3.05) is 0 Å². The second-order valence-corrected chi connectivity index (χ2v) is 5.05. The summed E-state index contributed by atoms with van der Waals surface area (Å²) in [6.45, 7) is 0. The third-order valence-corrected chi connectivity index (χ3v) is 3.57. The Hall–Kier alpha value is -3.07. The molecule has 0 radical (unpaired) electrons. The molecular weight excluding hydrogens is 291 g/mol. The van der Waals surface area contributed by atoms with Gasteiger partial charge in [0.2, 0.25) is 0 Å². The Balaban J connectivity index is 2.07. The first-order chi connectivity index (χ1) is 11.2. The van der Waals surface area contributed by atoms with E-state index in [0.717, 1.165) is 0 Å². The standard InChI is InChI=1S/C20H13FO2/c21-18-13-7-6-12-17(18)20(23)16-11-5-4-10-15(16)19(22)14-8-2-1-3-9-14/h1-13H. The van der Waals surface area contributed by atoms with E-state index in [1.54, 1.807) is 54.6 Å². The van der Waals surface area contributed by atoms with Crippen LogP contribution < -0.4 is 0 Å². The number of carbonyl (C=O) groups excluding carboxylic acids is 2. The molecule has 112 valence electrons. The van der Waals surface area contributed by atoms with Gasteiger partial charge in [-0.2, -0.15) is 0 Å². The summed E-state index contributed by atoms with van der Waals surface area (Å²) in [4.78, 5) is 25.3. The molecule has 0 saturated carbocycles. The van der Waals surface area contributed by atoms with Gasteiger partial charge in [0, 0.05) is 16.7 Å². The molecule has 0 heterocycles. The number of ketones is 2. The summed E-state index contributed by atoms with van der Waals surface area (Å²) in [6, 6.07) is 21.0. The van der Waals surface area contributed by atoms with Gasteiger partial charge in [-0.15, -0.1) is 0 Å². The smallest absolute Gasteiger partial charge is 0.196 e. The van der Waals surface area contributed by atoms with Gasteiger partial charge < -0.3 is 0 Å². The minimum atomic E-state index is -0.598. The van der Waals surface area contributed by atoms with Crippen LogP contribution in [0.4, 0.5) is 4.39 Å². The summed E-state index contributed by atoms with van der Waals surface area (Å²) in [6.07, 6.45) is 0. The van der Waals surface area contributed by atoms with E-state index in [1.165, 1.54) is 18.2 Å². The highest BCUT2D eigenvalue weighted by Crippen LogP contribution is 2.19. The van der Waals surface area contributed by atoms with Crippen molar-refractivity contribution in [1.82, 2.24) is 0 Å². The molecule has 3 rings (SSSR count). The van der Waals surface area contributed by atoms with Gasteiger partial charge in [-0.1, -0.05) is 66.7 Å². The van der Waals surface area contributed by atoms with E-state index in [1.807, 2.05) is 6.07 Å². The Morgan fingerprint density at radius 2 is 1.04 bits per heavy atom. The molecule has 0 aliphatic heterocycles. The maximum atomic E-state index is 13.9. The van der Waals surface area contributed by atoms with Gasteiger partial charge in [-0.3, -0.25) is 9.59 Å². The summed E-state index contributed by atoms with van der Waals surface area (Å²) in [7, 11) is 0. The van der Waals surface area contributed by atoms with Gasteiger partial charge in [-0.05, 0) is 12.1 Å². The fraction of sp³-hybridized carbons (Fsp3) is 0. The van der Waals surface area contributed by atoms with Crippen molar-refractivity contribution in [2.45, 2.75) is 0 Å². The lowest BCUT2D eigenvalue weighted by Gasteiger charge is -2.08. The van der Waals surface area contributed by atoms with Crippen molar-refractivity contribution in [2.24, 2.45) is 0 Å². The number of benzene rings is 3. The lowest BCUT2D eigenvalue weighted by Crippen LogP contribution is -2.12. The second-order valence-electron chi connectivity index (χ2n) is 5.05. The van der Waals surface area contributed by atoms with Crippen molar-refractivity contribution >= 4 is 11.6 Å². The number of hydrogen-bond acceptors (Lipinski definition) is 2. The first-order valence-electron chi connectivity index (χ1n) is 7.16. The van der Waals surface area contributed by atoms with Crippen LogP contribution >= 0.6 is 0 Å². The van der Waals surface area contributed by atoms with Crippen LogP contribution in [0.15, 0.2) is 78.9 Å². The van der Waals surface area contributed by atoms with E-state index in [0.29, 0.717) is 5.56 Å². The highest BCUT2D eigenvalue weighted by Gasteiger charge is 2.20. The Labute approximate surface area is 133 Å². The highest BCUT2D eigenvalue weighted by atomic mass is 19.1. The van der Waals surface area contributed by atoms with Crippen LogP contribution in [0, 0.1) is 5.82 Å².